The first-order valence-electron chi connectivity index (χ1n) is 15.1. The van der Waals surface area contributed by atoms with Gasteiger partial charge in [-0.3, -0.25) is 38.8 Å². The molecule has 1 aliphatic heterocycles. The van der Waals surface area contributed by atoms with E-state index in [2.05, 4.69) is 9.47 Å². The third-order valence-corrected chi connectivity index (χ3v) is 7.97. The second-order valence-corrected chi connectivity index (χ2v) is 10.9. The molecule has 0 aromatic heterocycles. The summed E-state index contributed by atoms with van der Waals surface area (Å²) in [6, 6.07) is -5.90. The Morgan fingerprint density at radius 1 is 0.500 bits per heavy atom. The van der Waals surface area contributed by atoms with Gasteiger partial charge in [-0.15, -0.1) is 0 Å². The standard InChI is InChI=1S/C28H44N4O16/c33-17-47-15-5-21(27(43)44)31-11-9-29(19(25(39)40)1-3-23(35)36)7-8-30(20(26(41)42)2-4-24(37)38)10-12-32(14-13-31)22(28(45)46)6-16-48-18-34/h17-22H,1-16H2,(H,35,36)(H,37,38)(H,39,40)(H,41,42)(H,43,44)(H,45,46)/p-4. The fraction of sp³-hybridized carbons (Fsp3) is 0.714. The molecule has 1 fully saturated rings. The maximum atomic E-state index is 12.2. The molecule has 0 saturated carbocycles. The van der Waals surface area contributed by atoms with Gasteiger partial charge in [0.05, 0.1) is 49.2 Å². The Hall–Kier alpha value is -4.40. The lowest BCUT2D eigenvalue weighted by Gasteiger charge is -2.42. The van der Waals surface area contributed by atoms with Gasteiger partial charge in [-0.05, 0) is 12.8 Å². The Balaban J connectivity index is 3.66. The van der Waals surface area contributed by atoms with E-state index in [1.807, 2.05) is 0 Å². The Labute approximate surface area is 275 Å². The van der Waals surface area contributed by atoms with Crippen LogP contribution in [0.1, 0.15) is 38.5 Å². The predicted octanol–water partition coefficient (Wildman–Crippen LogP) is -7.46. The van der Waals surface area contributed by atoms with Crippen molar-refractivity contribution in [1.29, 1.82) is 0 Å². The third kappa shape index (κ3) is 15.0. The van der Waals surface area contributed by atoms with E-state index in [9.17, 15) is 69.0 Å². The van der Waals surface area contributed by atoms with Crippen molar-refractivity contribution in [2.75, 3.05) is 65.6 Å². The van der Waals surface area contributed by atoms with Crippen molar-refractivity contribution >= 4 is 48.8 Å². The lowest BCUT2D eigenvalue weighted by atomic mass is 10.1. The van der Waals surface area contributed by atoms with Crippen LogP contribution in [0.15, 0.2) is 0 Å². The maximum absolute atomic E-state index is 12.2. The quantitative estimate of drug-likeness (QED) is 0.0788. The molecule has 1 saturated heterocycles. The van der Waals surface area contributed by atoms with Crippen LogP contribution in [-0.2, 0) is 47.8 Å². The SMILES string of the molecule is O=COCCC(C(=O)[O-])N1CCN(C(CCOC=O)C(=O)[O-])CCN(C(CCC(=O)O)C(=O)[O-])CCN(C(CCC(=O)O)C(=O)[O-])CC1. The molecular weight excluding hydrogens is 648 g/mol. The van der Waals surface area contributed by atoms with Crippen molar-refractivity contribution < 1.29 is 78.5 Å². The van der Waals surface area contributed by atoms with E-state index in [1.54, 1.807) is 0 Å². The topological polar surface area (TPSA) is 301 Å². The first kappa shape index (κ1) is 41.6. The van der Waals surface area contributed by atoms with Gasteiger partial charge in [-0.2, -0.15) is 0 Å². The van der Waals surface area contributed by atoms with Gasteiger partial charge in [0.2, 0.25) is 0 Å². The minimum Gasteiger partial charge on any atom is -0.548 e. The largest absolute Gasteiger partial charge is 0.548 e. The lowest BCUT2D eigenvalue weighted by molar-refractivity contribution is -0.315. The number of ether oxygens (including phenoxy) is 2. The number of carboxylic acid groups (broad SMARTS) is 6. The van der Waals surface area contributed by atoms with Crippen LogP contribution in [0.2, 0.25) is 0 Å². The van der Waals surface area contributed by atoms with E-state index in [-0.39, 0.29) is 91.4 Å². The van der Waals surface area contributed by atoms with Crippen molar-refractivity contribution in [3.8, 4) is 0 Å². The zero-order valence-electron chi connectivity index (χ0n) is 26.2. The van der Waals surface area contributed by atoms with Gasteiger partial charge in [0, 0.05) is 90.1 Å². The summed E-state index contributed by atoms with van der Waals surface area (Å²) in [5.41, 5.74) is 0. The number of aliphatic carboxylic acids is 6. The van der Waals surface area contributed by atoms with Crippen LogP contribution in [0.25, 0.3) is 0 Å². The van der Waals surface area contributed by atoms with Gasteiger partial charge in [-0.25, -0.2) is 0 Å². The molecule has 20 nitrogen and oxygen atoms in total. The first-order chi connectivity index (χ1) is 22.7. The highest BCUT2D eigenvalue weighted by Crippen LogP contribution is 2.16. The minimum absolute atomic E-state index is 0.104. The minimum atomic E-state index is -1.65. The number of carbonyl (C=O) groups excluding carboxylic acids is 6. The van der Waals surface area contributed by atoms with Crippen LogP contribution in [0.4, 0.5) is 0 Å². The van der Waals surface area contributed by atoms with Crippen LogP contribution in [0.3, 0.4) is 0 Å². The molecule has 1 aliphatic rings. The van der Waals surface area contributed by atoms with Crippen LogP contribution < -0.4 is 20.4 Å². The molecule has 1 heterocycles. The van der Waals surface area contributed by atoms with Gasteiger partial charge < -0.3 is 59.3 Å². The molecule has 0 aromatic rings. The molecule has 1 rings (SSSR count). The molecule has 0 amide bonds. The Morgan fingerprint density at radius 2 is 0.729 bits per heavy atom. The number of nitrogens with zero attached hydrogens (tertiary/aromatic N) is 4. The number of rotatable bonds is 22. The Bertz CT molecular complexity index is 1020. The molecule has 20 heteroatoms. The van der Waals surface area contributed by atoms with Gasteiger partial charge in [0.15, 0.2) is 0 Å². The summed E-state index contributed by atoms with van der Waals surface area (Å²) in [5, 5.41) is 67.1. The molecule has 0 bridgehead atoms. The average Bonchev–Trinajstić information content (AvgIpc) is 2.99. The average molecular weight is 689 g/mol. The summed E-state index contributed by atoms with van der Waals surface area (Å²) in [6.45, 7) is -2.34. The molecule has 4 unspecified atom stereocenters. The zero-order chi connectivity index (χ0) is 36.2. The number of hydrogen-bond acceptors (Lipinski definition) is 18. The number of carboxylic acids is 6. The van der Waals surface area contributed by atoms with Crippen molar-refractivity contribution in [3.63, 3.8) is 0 Å². The van der Waals surface area contributed by atoms with Gasteiger partial charge in [-0.1, -0.05) is 0 Å². The first-order valence-corrected chi connectivity index (χ1v) is 15.1. The van der Waals surface area contributed by atoms with Crippen LogP contribution in [0.5, 0.6) is 0 Å². The Morgan fingerprint density at radius 3 is 0.917 bits per heavy atom. The highest BCUT2D eigenvalue weighted by Gasteiger charge is 2.30. The molecule has 0 radical (unpaired) electrons. The summed E-state index contributed by atoms with van der Waals surface area (Å²) in [6.07, 6.45) is -2.57. The molecule has 0 aliphatic carbocycles. The van der Waals surface area contributed by atoms with Crippen molar-refractivity contribution in [2.24, 2.45) is 0 Å². The summed E-state index contributed by atoms with van der Waals surface area (Å²) >= 11 is 0. The predicted molar refractivity (Wildman–Crippen MR) is 148 cm³/mol. The second kappa shape index (κ2) is 22.2. The van der Waals surface area contributed by atoms with Gasteiger partial charge in [0.1, 0.15) is 0 Å². The Kier molecular flexibility index (Phi) is 19.3. The van der Waals surface area contributed by atoms with E-state index < -0.39 is 85.7 Å². The smallest absolute Gasteiger partial charge is 0.303 e. The normalized spacial score (nSPS) is 18.5. The van der Waals surface area contributed by atoms with Crippen LogP contribution in [0, 0.1) is 0 Å². The summed E-state index contributed by atoms with van der Waals surface area (Å²) in [4.78, 5) is 97.9. The van der Waals surface area contributed by atoms with E-state index in [0.29, 0.717) is 0 Å². The fourth-order valence-electron chi connectivity index (χ4n) is 5.50. The molecule has 0 aromatic carbocycles. The molecule has 4 atom stereocenters. The number of hydrogen-bond donors (Lipinski definition) is 2. The molecule has 2 N–H and O–H groups in total. The van der Waals surface area contributed by atoms with Crippen LogP contribution in [-0.4, -0.2) is 168 Å². The number of carbonyl (C=O) groups is 8. The lowest BCUT2D eigenvalue weighted by Crippen LogP contribution is -2.59. The van der Waals surface area contributed by atoms with Crippen molar-refractivity contribution in [1.82, 2.24) is 19.6 Å². The summed E-state index contributed by atoms with van der Waals surface area (Å²) in [5.74, 6) is -9.10. The molecule has 0 spiro atoms. The maximum Gasteiger partial charge on any atom is 0.303 e. The van der Waals surface area contributed by atoms with Gasteiger partial charge >= 0.3 is 11.9 Å². The van der Waals surface area contributed by atoms with E-state index in [4.69, 9.17) is 0 Å². The summed E-state index contributed by atoms with van der Waals surface area (Å²) < 4.78 is 9.27. The van der Waals surface area contributed by atoms with E-state index in [0.717, 1.165) is 0 Å². The van der Waals surface area contributed by atoms with Crippen LogP contribution >= 0.6 is 0 Å². The van der Waals surface area contributed by atoms with Crippen molar-refractivity contribution in [2.45, 2.75) is 62.7 Å². The van der Waals surface area contributed by atoms with Gasteiger partial charge in [0.25, 0.3) is 12.9 Å². The molecular formula is C28H40N4O16-4. The third-order valence-electron chi connectivity index (χ3n) is 7.97. The fourth-order valence-corrected chi connectivity index (χ4v) is 5.50. The molecule has 272 valence electrons. The zero-order valence-corrected chi connectivity index (χ0v) is 26.2. The molecule has 48 heavy (non-hydrogen) atoms. The van der Waals surface area contributed by atoms with Crippen molar-refractivity contribution in [3.05, 3.63) is 0 Å². The van der Waals surface area contributed by atoms with E-state index in [1.165, 1.54) is 19.6 Å². The highest BCUT2D eigenvalue weighted by atomic mass is 16.5. The summed E-state index contributed by atoms with van der Waals surface area (Å²) in [7, 11) is 0. The second-order valence-electron chi connectivity index (χ2n) is 10.9. The highest BCUT2D eigenvalue weighted by molar-refractivity contribution is 5.74. The monoisotopic (exact) mass is 688 g/mol. The van der Waals surface area contributed by atoms with E-state index >= 15 is 0 Å².